The summed E-state index contributed by atoms with van der Waals surface area (Å²) in [5.74, 6) is 0. The Hall–Kier alpha value is -0.430. The SMILES string of the molecule is [Na+].c1ccc(C[c-]2cccc2)cc1. The van der Waals surface area contributed by atoms with Crippen LogP contribution in [0.2, 0.25) is 0 Å². The standard InChI is InChI=1S/C12H11.Na/c1-2-6-11(7-3-1)10-12-8-4-5-9-12;/h1-9H,10H2;/q-1;+1. The second kappa shape index (κ2) is 5.33. The van der Waals surface area contributed by atoms with E-state index in [0.717, 1.165) is 6.42 Å². The molecule has 2 rings (SSSR count). The minimum Gasteiger partial charge on any atom is -0.213 e. The summed E-state index contributed by atoms with van der Waals surface area (Å²) in [5, 5.41) is 0. The summed E-state index contributed by atoms with van der Waals surface area (Å²) in [6, 6.07) is 19.0. The van der Waals surface area contributed by atoms with Crippen LogP contribution in [0.4, 0.5) is 0 Å². The van der Waals surface area contributed by atoms with Crippen molar-refractivity contribution in [1.82, 2.24) is 0 Å². The van der Waals surface area contributed by atoms with Gasteiger partial charge < -0.3 is 0 Å². The Labute approximate surface area is 101 Å². The third-order valence-corrected chi connectivity index (χ3v) is 1.98. The van der Waals surface area contributed by atoms with Gasteiger partial charge in [-0.3, -0.25) is 0 Å². The summed E-state index contributed by atoms with van der Waals surface area (Å²) in [7, 11) is 0. The van der Waals surface area contributed by atoms with Gasteiger partial charge in [-0.2, -0.15) is 17.7 Å². The Balaban J connectivity index is 0.000000845. The number of rotatable bonds is 2. The van der Waals surface area contributed by atoms with Gasteiger partial charge in [0.25, 0.3) is 0 Å². The van der Waals surface area contributed by atoms with Crippen LogP contribution in [0.25, 0.3) is 0 Å². The van der Waals surface area contributed by atoms with Crippen LogP contribution in [0.3, 0.4) is 0 Å². The maximum absolute atomic E-state index is 2.16. The molecule has 2 aromatic rings. The van der Waals surface area contributed by atoms with Gasteiger partial charge in [-0.15, -0.1) is 0 Å². The molecule has 0 heterocycles. The van der Waals surface area contributed by atoms with Crippen molar-refractivity contribution in [2.24, 2.45) is 0 Å². The van der Waals surface area contributed by atoms with Crippen LogP contribution in [0.15, 0.2) is 54.6 Å². The molecule has 0 atom stereocenters. The summed E-state index contributed by atoms with van der Waals surface area (Å²) in [6.45, 7) is 0. The first kappa shape index (κ1) is 10.6. The van der Waals surface area contributed by atoms with Crippen LogP contribution in [0.1, 0.15) is 11.1 Å². The summed E-state index contributed by atoms with van der Waals surface area (Å²) in [6.07, 6.45) is 1.05. The van der Waals surface area contributed by atoms with E-state index in [-0.39, 0.29) is 29.6 Å². The van der Waals surface area contributed by atoms with E-state index in [2.05, 4.69) is 54.6 Å². The average Bonchev–Trinajstić information content (AvgIpc) is 2.59. The molecule has 13 heavy (non-hydrogen) atoms. The van der Waals surface area contributed by atoms with Crippen molar-refractivity contribution in [2.75, 3.05) is 0 Å². The van der Waals surface area contributed by atoms with E-state index in [1.54, 1.807) is 0 Å². The van der Waals surface area contributed by atoms with E-state index in [1.807, 2.05) is 0 Å². The molecule has 0 N–H and O–H groups in total. The zero-order valence-corrected chi connectivity index (χ0v) is 9.90. The Kier molecular flexibility index (Phi) is 4.37. The van der Waals surface area contributed by atoms with Crippen molar-refractivity contribution in [1.29, 1.82) is 0 Å². The molecule has 0 radical (unpaired) electrons. The first-order valence-corrected chi connectivity index (χ1v) is 4.20. The van der Waals surface area contributed by atoms with Gasteiger partial charge in [0.2, 0.25) is 0 Å². The van der Waals surface area contributed by atoms with Gasteiger partial charge in [0, 0.05) is 0 Å². The van der Waals surface area contributed by atoms with Gasteiger partial charge in [0.1, 0.15) is 0 Å². The molecule has 0 fully saturated rings. The molecule has 0 saturated carbocycles. The minimum atomic E-state index is 0. The zero-order chi connectivity index (χ0) is 8.23. The normalized spacial score (nSPS) is 9.23. The smallest absolute Gasteiger partial charge is 0.213 e. The van der Waals surface area contributed by atoms with E-state index in [1.165, 1.54) is 11.1 Å². The van der Waals surface area contributed by atoms with Crippen LogP contribution in [-0.2, 0) is 6.42 Å². The van der Waals surface area contributed by atoms with Crippen LogP contribution in [-0.4, -0.2) is 0 Å². The summed E-state index contributed by atoms with van der Waals surface area (Å²) >= 11 is 0. The minimum absolute atomic E-state index is 0. The fraction of sp³-hybridized carbons (Fsp3) is 0.0833. The molecule has 0 aliphatic carbocycles. The van der Waals surface area contributed by atoms with Crippen molar-refractivity contribution in [2.45, 2.75) is 6.42 Å². The Bertz CT molecular complexity index is 321. The maximum atomic E-state index is 2.16. The predicted molar refractivity (Wildman–Crippen MR) is 51.3 cm³/mol. The van der Waals surface area contributed by atoms with Crippen LogP contribution >= 0.6 is 0 Å². The molecule has 0 aromatic heterocycles. The van der Waals surface area contributed by atoms with Crippen molar-refractivity contribution < 1.29 is 29.6 Å². The molecule has 0 spiro atoms. The van der Waals surface area contributed by atoms with E-state index >= 15 is 0 Å². The number of hydrogen-bond acceptors (Lipinski definition) is 0. The third-order valence-electron chi connectivity index (χ3n) is 1.98. The van der Waals surface area contributed by atoms with E-state index in [4.69, 9.17) is 0 Å². The predicted octanol–water partition coefficient (Wildman–Crippen LogP) is 0.000300. The fourth-order valence-corrected chi connectivity index (χ4v) is 1.36. The van der Waals surface area contributed by atoms with Crippen LogP contribution in [0, 0.1) is 0 Å². The molecular weight excluding hydrogens is 167 g/mol. The fourth-order valence-electron chi connectivity index (χ4n) is 1.36. The van der Waals surface area contributed by atoms with Crippen molar-refractivity contribution in [3.05, 3.63) is 65.7 Å². The Morgan fingerprint density at radius 1 is 0.846 bits per heavy atom. The topological polar surface area (TPSA) is 0 Å². The number of hydrogen-bond donors (Lipinski definition) is 0. The zero-order valence-electron chi connectivity index (χ0n) is 7.90. The molecule has 0 nitrogen and oxygen atoms in total. The first-order valence-electron chi connectivity index (χ1n) is 4.20. The van der Waals surface area contributed by atoms with Crippen molar-refractivity contribution in [3.8, 4) is 0 Å². The van der Waals surface area contributed by atoms with Gasteiger partial charge in [-0.25, -0.2) is 12.1 Å². The van der Waals surface area contributed by atoms with Crippen molar-refractivity contribution >= 4 is 0 Å². The molecule has 0 aliphatic rings. The molecule has 0 aliphatic heterocycles. The summed E-state index contributed by atoms with van der Waals surface area (Å²) in [5.41, 5.74) is 2.77. The molecule has 0 amide bonds. The second-order valence-electron chi connectivity index (χ2n) is 2.96. The molecular formula is C12H11Na. The quantitative estimate of drug-likeness (QED) is 0.448. The second-order valence-corrected chi connectivity index (χ2v) is 2.96. The van der Waals surface area contributed by atoms with Crippen LogP contribution < -0.4 is 29.6 Å². The van der Waals surface area contributed by atoms with Crippen molar-refractivity contribution in [3.63, 3.8) is 0 Å². The molecule has 0 bridgehead atoms. The van der Waals surface area contributed by atoms with E-state index in [0.29, 0.717) is 0 Å². The van der Waals surface area contributed by atoms with Gasteiger partial charge in [0.15, 0.2) is 0 Å². The van der Waals surface area contributed by atoms with Crippen LogP contribution in [0.5, 0.6) is 0 Å². The number of benzene rings is 1. The van der Waals surface area contributed by atoms with E-state index < -0.39 is 0 Å². The van der Waals surface area contributed by atoms with Gasteiger partial charge in [-0.1, -0.05) is 35.9 Å². The monoisotopic (exact) mass is 178 g/mol. The molecule has 0 saturated heterocycles. The van der Waals surface area contributed by atoms with Gasteiger partial charge in [-0.05, 0) is 6.42 Å². The third kappa shape index (κ3) is 3.07. The molecule has 1 heteroatoms. The first-order chi connectivity index (χ1) is 5.95. The summed E-state index contributed by atoms with van der Waals surface area (Å²) < 4.78 is 0. The Morgan fingerprint density at radius 3 is 2.08 bits per heavy atom. The maximum Gasteiger partial charge on any atom is 1.00 e. The molecule has 2 aromatic carbocycles. The van der Waals surface area contributed by atoms with Gasteiger partial charge in [0.05, 0.1) is 0 Å². The van der Waals surface area contributed by atoms with Gasteiger partial charge >= 0.3 is 29.6 Å². The van der Waals surface area contributed by atoms with E-state index in [9.17, 15) is 0 Å². The average molecular weight is 178 g/mol. The molecule has 0 unspecified atom stereocenters. The largest absolute Gasteiger partial charge is 1.00 e. The summed E-state index contributed by atoms with van der Waals surface area (Å²) in [4.78, 5) is 0. The Morgan fingerprint density at radius 2 is 1.46 bits per heavy atom. The molecule has 60 valence electrons.